The number of rotatable bonds is 7. The summed E-state index contributed by atoms with van der Waals surface area (Å²) in [5, 5.41) is 3.19. The van der Waals surface area contributed by atoms with Crippen LogP contribution < -0.4 is 15.0 Å². The quantitative estimate of drug-likeness (QED) is 0.543. The van der Waals surface area contributed by atoms with Crippen molar-refractivity contribution in [3.63, 3.8) is 0 Å². The number of nitrogens with one attached hydrogen (secondary N) is 1. The SMILES string of the molecule is CCCOc1ccccc1N1C(=O)C(Nc2ccc(C)cc2)=C(c2ccccc2)C1=O. The van der Waals surface area contributed by atoms with E-state index in [1.54, 1.807) is 18.2 Å². The smallest absolute Gasteiger partial charge is 0.282 e. The van der Waals surface area contributed by atoms with Gasteiger partial charge in [-0.3, -0.25) is 9.59 Å². The third-order valence-electron chi connectivity index (χ3n) is 5.04. The van der Waals surface area contributed by atoms with Crippen LogP contribution in [0.1, 0.15) is 24.5 Å². The van der Waals surface area contributed by atoms with Crippen LogP contribution in [0.5, 0.6) is 5.75 Å². The predicted molar refractivity (Wildman–Crippen MR) is 123 cm³/mol. The van der Waals surface area contributed by atoms with Crippen molar-refractivity contribution in [1.29, 1.82) is 0 Å². The van der Waals surface area contributed by atoms with Crippen LogP contribution in [0.3, 0.4) is 0 Å². The average molecular weight is 412 g/mol. The molecule has 0 aliphatic carbocycles. The van der Waals surface area contributed by atoms with Crippen molar-refractivity contribution in [3.05, 3.63) is 95.7 Å². The molecular formula is C26H24N2O3. The number of ether oxygens (including phenoxy) is 1. The number of amides is 2. The van der Waals surface area contributed by atoms with E-state index in [-0.39, 0.29) is 11.6 Å². The first-order valence-electron chi connectivity index (χ1n) is 10.3. The van der Waals surface area contributed by atoms with E-state index < -0.39 is 5.91 Å². The molecule has 1 N–H and O–H groups in total. The first kappa shape index (κ1) is 20.4. The fourth-order valence-corrected chi connectivity index (χ4v) is 3.49. The summed E-state index contributed by atoms with van der Waals surface area (Å²) in [5.41, 5.74) is 3.58. The van der Waals surface area contributed by atoms with Crippen molar-refractivity contribution in [2.24, 2.45) is 0 Å². The average Bonchev–Trinajstić information content (AvgIpc) is 3.04. The monoisotopic (exact) mass is 412 g/mol. The first-order valence-corrected chi connectivity index (χ1v) is 10.3. The van der Waals surface area contributed by atoms with E-state index in [2.05, 4.69) is 5.32 Å². The number of imide groups is 1. The molecule has 1 aliphatic heterocycles. The fraction of sp³-hybridized carbons (Fsp3) is 0.154. The van der Waals surface area contributed by atoms with Gasteiger partial charge in [0.2, 0.25) is 0 Å². The first-order chi connectivity index (χ1) is 15.1. The number of anilines is 2. The second kappa shape index (κ2) is 8.88. The molecule has 156 valence electrons. The van der Waals surface area contributed by atoms with Crippen LogP contribution in [-0.2, 0) is 9.59 Å². The van der Waals surface area contributed by atoms with Crippen molar-refractivity contribution in [2.45, 2.75) is 20.3 Å². The Balaban J connectivity index is 1.79. The summed E-state index contributed by atoms with van der Waals surface area (Å²) in [6.45, 7) is 4.51. The van der Waals surface area contributed by atoms with Gasteiger partial charge in [-0.05, 0) is 43.2 Å². The van der Waals surface area contributed by atoms with Crippen LogP contribution in [-0.4, -0.2) is 18.4 Å². The minimum Gasteiger partial charge on any atom is -0.491 e. The number of para-hydroxylation sites is 2. The number of carbonyl (C=O) groups is 2. The van der Waals surface area contributed by atoms with Crippen molar-refractivity contribution >= 4 is 28.8 Å². The lowest BCUT2D eigenvalue weighted by Crippen LogP contribution is -2.32. The van der Waals surface area contributed by atoms with Crippen molar-refractivity contribution in [3.8, 4) is 5.75 Å². The molecule has 1 aliphatic rings. The Morgan fingerprint density at radius 2 is 1.52 bits per heavy atom. The molecule has 0 aromatic heterocycles. The summed E-state index contributed by atoms with van der Waals surface area (Å²) in [7, 11) is 0. The Morgan fingerprint density at radius 1 is 0.839 bits per heavy atom. The lowest BCUT2D eigenvalue weighted by Gasteiger charge is -2.19. The minimum absolute atomic E-state index is 0.255. The van der Waals surface area contributed by atoms with Gasteiger partial charge in [0.15, 0.2) is 0 Å². The zero-order valence-electron chi connectivity index (χ0n) is 17.6. The van der Waals surface area contributed by atoms with E-state index in [0.29, 0.717) is 29.2 Å². The molecule has 0 atom stereocenters. The molecule has 5 heteroatoms. The molecule has 4 rings (SSSR count). The van der Waals surface area contributed by atoms with Crippen LogP contribution in [0.15, 0.2) is 84.6 Å². The molecule has 0 fully saturated rings. The summed E-state index contributed by atoms with van der Waals surface area (Å²) in [4.78, 5) is 28.3. The molecule has 5 nitrogen and oxygen atoms in total. The molecule has 2 amide bonds. The van der Waals surface area contributed by atoms with Gasteiger partial charge in [-0.15, -0.1) is 0 Å². The van der Waals surface area contributed by atoms with Crippen LogP contribution in [0.4, 0.5) is 11.4 Å². The highest BCUT2D eigenvalue weighted by Gasteiger charge is 2.41. The van der Waals surface area contributed by atoms with Crippen molar-refractivity contribution < 1.29 is 14.3 Å². The second-order valence-electron chi connectivity index (χ2n) is 7.37. The number of nitrogens with zero attached hydrogens (tertiary/aromatic N) is 1. The molecule has 0 unspecified atom stereocenters. The molecule has 3 aromatic carbocycles. The lowest BCUT2D eigenvalue weighted by atomic mass is 10.0. The maximum Gasteiger partial charge on any atom is 0.282 e. The van der Waals surface area contributed by atoms with E-state index in [1.165, 1.54) is 4.90 Å². The molecule has 31 heavy (non-hydrogen) atoms. The van der Waals surface area contributed by atoms with Crippen molar-refractivity contribution in [1.82, 2.24) is 0 Å². The van der Waals surface area contributed by atoms with Gasteiger partial charge in [0.25, 0.3) is 11.8 Å². The van der Waals surface area contributed by atoms with Gasteiger partial charge in [0, 0.05) is 5.69 Å². The Hall–Kier alpha value is -3.86. The molecule has 0 radical (unpaired) electrons. The third kappa shape index (κ3) is 4.08. The molecule has 0 spiro atoms. The molecule has 1 heterocycles. The van der Waals surface area contributed by atoms with E-state index in [0.717, 1.165) is 17.7 Å². The van der Waals surface area contributed by atoms with E-state index in [1.807, 2.05) is 74.5 Å². The van der Waals surface area contributed by atoms with E-state index >= 15 is 0 Å². The Bertz CT molecular complexity index is 1130. The van der Waals surface area contributed by atoms with Gasteiger partial charge < -0.3 is 10.1 Å². The maximum absolute atomic E-state index is 13.5. The standard InChI is InChI=1S/C26H24N2O3/c1-3-17-31-22-12-8-7-11-21(22)28-25(29)23(19-9-5-4-6-10-19)24(26(28)30)27-20-15-13-18(2)14-16-20/h4-16,27H,3,17H2,1-2H3. The highest BCUT2D eigenvalue weighted by atomic mass is 16.5. The van der Waals surface area contributed by atoms with E-state index in [9.17, 15) is 9.59 Å². The van der Waals surface area contributed by atoms with Gasteiger partial charge in [-0.1, -0.05) is 67.1 Å². The van der Waals surface area contributed by atoms with Gasteiger partial charge in [-0.2, -0.15) is 0 Å². The van der Waals surface area contributed by atoms with Crippen LogP contribution >= 0.6 is 0 Å². The topological polar surface area (TPSA) is 58.6 Å². The zero-order valence-corrected chi connectivity index (χ0v) is 17.6. The highest BCUT2D eigenvalue weighted by Crippen LogP contribution is 2.37. The third-order valence-corrected chi connectivity index (χ3v) is 5.04. The Labute approximate surface area is 182 Å². The number of benzene rings is 3. The van der Waals surface area contributed by atoms with Crippen LogP contribution in [0, 0.1) is 6.92 Å². The zero-order chi connectivity index (χ0) is 21.8. The fourth-order valence-electron chi connectivity index (χ4n) is 3.49. The number of hydrogen-bond acceptors (Lipinski definition) is 4. The van der Waals surface area contributed by atoms with Gasteiger partial charge in [-0.25, -0.2) is 4.90 Å². The number of aryl methyl sites for hydroxylation is 1. The molecule has 0 bridgehead atoms. The number of carbonyl (C=O) groups excluding carboxylic acids is 2. The molecule has 3 aromatic rings. The van der Waals surface area contributed by atoms with Gasteiger partial charge in [0.1, 0.15) is 11.4 Å². The largest absolute Gasteiger partial charge is 0.491 e. The predicted octanol–water partition coefficient (Wildman–Crippen LogP) is 5.18. The summed E-state index contributed by atoms with van der Waals surface area (Å²) >= 11 is 0. The normalized spacial score (nSPS) is 13.7. The summed E-state index contributed by atoms with van der Waals surface area (Å²) in [6, 6.07) is 24.1. The minimum atomic E-state index is -0.406. The van der Waals surface area contributed by atoms with Crippen LogP contribution in [0.2, 0.25) is 0 Å². The molecular weight excluding hydrogens is 388 g/mol. The van der Waals surface area contributed by atoms with Crippen LogP contribution in [0.25, 0.3) is 5.57 Å². The summed E-state index contributed by atoms with van der Waals surface area (Å²) < 4.78 is 5.82. The Morgan fingerprint density at radius 3 is 2.23 bits per heavy atom. The summed E-state index contributed by atoms with van der Waals surface area (Å²) in [5.74, 6) is -0.273. The maximum atomic E-state index is 13.5. The number of hydrogen-bond donors (Lipinski definition) is 1. The lowest BCUT2D eigenvalue weighted by molar-refractivity contribution is -0.120. The molecule has 0 saturated carbocycles. The second-order valence-corrected chi connectivity index (χ2v) is 7.37. The summed E-state index contributed by atoms with van der Waals surface area (Å²) in [6.07, 6.45) is 0.823. The van der Waals surface area contributed by atoms with Gasteiger partial charge in [0.05, 0.1) is 17.9 Å². The Kier molecular flexibility index (Phi) is 5.85. The highest BCUT2D eigenvalue weighted by molar-refractivity contribution is 6.46. The molecule has 0 saturated heterocycles. The van der Waals surface area contributed by atoms with Gasteiger partial charge >= 0.3 is 0 Å². The van der Waals surface area contributed by atoms with E-state index in [4.69, 9.17) is 4.74 Å². The van der Waals surface area contributed by atoms with Crippen molar-refractivity contribution in [2.75, 3.05) is 16.8 Å².